The summed E-state index contributed by atoms with van der Waals surface area (Å²) in [5.74, 6) is 0. The maximum absolute atomic E-state index is 8.96. The van der Waals surface area contributed by atoms with Gasteiger partial charge in [-0.15, -0.1) is 0 Å². The lowest BCUT2D eigenvalue weighted by Gasteiger charge is -2.26. The average Bonchev–Trinajstić information content (AvgIpc) is 1.65. The van der Waals surface area contributed by atoms with Crippen molar-refractivity contribution in [3.05, 3.63) is 0 Å². The van der Waals surface area contributed by atoms with Gasteiger partial charge >= 0.3 is 0 Å². The number of hydrogen-bond donors (Lipinski definition) is 1. The van der Waals surface area contributed by atoms with E-state index in [4.69, 9.17) is 13.9 Å². The van der Waals surface area contributed by atoms with Crippen LogP contribution in [-0.2, 0) is 9.05 Å². The van der Waals surface area contributed by atoms with Gasteiger partial charge in [-0.25, -0.2) is 0 Å². The van der Waals surface area contributed by atoms with Crippen LogP contribution >= 0.6 is 22.1 Å². The van der Waals surface area contributed by atoms with Gasteiger partial charge in [-0.3, -0.25) is 0 Å². The summed E-state index contributed by atoms with van der Waals surface area (Å²) < 4.78 is 9.65. The van der Waals surface area contributed by atoms with Crippen molar-refractivity contribution in [2.24, 2.45) is 0 Å². The van der Waals surface area contributed by atoms with Crippen LogP contribution in [-0.4, -0.2) is 18.1 Å². The number of hydrogen-bond acceptors (Lipinski definition) is 3. The van der Waals surface area contributed by atoms with E-state index >= 15 is 0 Å². The first kappa shape index (κ1) is 6.90. The number of rotatable bonds is 0. The van der Waals surface area contributed by atoms with Crippen LogP contribution in [0.2, 0.25) is 0 Å². The Labute approximate surface area is 56.3 Å². The molecule has 0 aromatic carbocycles. The third kappa shape index (κ3) is 1.96. The molecule has 8 heavy (non-hydrogen) atoms. The van der Waals surface area contributed by atoms with Gasteiger partial charge in [0.15, 0.2) is 0 Å². The van der Waals surface area contributed by atoms with Crippen molar-refractivity contribution in [3.8, 4) is 0 Å². The molecule has 49 valence electrons. The molecule has 0 saturated carbocycles. The fourth-order valence-corrected chi connectivity index (χ4v) is 2.10. The van der Waals surface area contributed by atoms with Crippen molar-refractivity contribution in [2.45, 2.75) is 6.42 Å². The predicted octanol–water partition coefficient (Wildman–Crippen LogP) is 1.49. The first-order valence-corrected chi connectivity index (χ1v) is 5.91. The SMILES string of the molecule is O[P]1(Br)OCCCO1. The third-order valence-electron chi connectivity index (χ3n) is 0.790. The normalized spacial score (nSPS) is 27.8. The molecule has 1 aliphatic heterocycles. The van der Waals surface area contributed by atoms with Crippen molar-refractivity contribution < 1.29 is 13.9 Å². The molecule has 0 bridgehead atoms. The van der Waals surface area contributed by atoms with E-state index in [1.165, 1.54) is 0 Å². The van der Waals surface area contributed by atoms with Crippen LogP contribution in [0.4, 0.5) is 0 Å². The van der Waals surface area contributed by atoms with E-state index in [9.17, 15) is 0 Å². The molecule has 0 amide bonds. The highest BCUT2D eigenvalue weighted by molar-refractivity contribution is 9.40. The third-order valence-corrected chi connectivity index (χ3v) is 3.02. The molecule has 5 heteroatoms. The van der Waals surface area contributed by atoms with Gasteiger partial charge in [0, 0.05) is 15.5 Å². The lowest BCUT2D eigenvalue weighted by atomic mass is 10.5. The Morgan fingerprint density at radius 3 is 2.12 bits per heavy atom. The maximum atomic E-state index is 8.96. The molecule has 3 nitrogen and oxygen atoms in total. The predicted molar refractivity (Wildman–Crippen MR) is 34.6 cm³/mol. The van der Waals surface area contributed by atoms with Crippen LogP contribution in [0.25, 0.3) is 0 Å². The molecule has 0 aromatic heterocycles. The zero-order valence-electron chi connectivity index (χ0n) is 4.21. The highest BCUT2D eigenvalue weighted by atomic mass is 79.9. The Morgan fingerprint density at radius 1 is 1.38 bits per heavy atom. The van der Waals surface area contributed by atoms with Crippen molar-refractivity contribution >= 4 is 22.1 Å². The maximum Gasteiger partial charge on any atom is 0.299 e. The minimum absolute atomic E-state index is 0.593. The highest BCUT2D eigenvalue weighted by Crippen LogP contribution is 2.65. The molecule has 0 atom stereocenters. The second-order valence-corrected chi connectivity index (χ2v) is 5.58. The first-order chi connectivity index (χ1) is 3.71. The molecule has 0 aromatic rings. The van der Waals surface area contributed by atoms with Crippen molar-refractivity contribution in [1.82, 2.24) is 0 Å². The lowest BCUT2D eigenvalue weighted by Crippen LogP contribution is -2.08. The van der Waals surface area contributed by atoms with Crippen LogP contribution in [0.15, 0.2) is 0 Å². The van der Waals surface area contributed by atoms with E-state index in [0.717, 1.165) is 6.42 Å². The van der Waals surface area contributed by atoms with E-state index in [0.29, 0.717) is 13.2 Å². The molecule has 1 rings (SSSR count). The zero-order chi connectivity index (χ0) is 6.04. The molecular weight excluding hydrogens is 195 g/mol. The fraction of sp³-hybridized carbons (Fsp3) is 1.00. The zero-order valence-corrected chi connectivity index (χ0v) is 6.69. The summed E-state index contributed by atoms with van der Waals surface area (Å²) >= 11 is 2.91. The van der Waals surface area contributed by atoms with E-state index in [-0.39, 0.29) is 0 Å². The van der Waals surface area contributed by atoms with E-state index < -0.39 is 6.65 Å². The summed E-state index contributed by atoms with van der Waals surface area (Å²) in [4.78, 5) is 8.96. The quantitative estimate of drug-likeness (QED) is 0.604. The van der Waals surface area contributed by atoms with Crippen molar-refractivity contribution in [3.63, 3.8) is 0 Å². The van der Waals surface area contributed by atoms with E-state index in [1.807, 2.05) is 0 Å². The number of halogens is 1. The Kier molecular flexibility index (Phi) is 2.23. The molecule has 1 radical (unpaired) electrons. The summed E-state index contributed by atoms with van der Waals surface area (Å²) in [6.07, 6.45) is 0.869. The van der Waals surface area contributed by atoms with Gasteiger partial charge in [0.2, 0.25) is 0 Å². The molecule has 1 aliphatic rings. The van der Waals surface area contributed by atoms with Crippen LogP contribution in [0.1, 0.15) is 6.42 Å². The van der Waals surface area contributed by atoms with Crippen LogP contribution in [0.3, 0.4) is 0 Å². The van der Waals surface area contributed by atoms with Crippen LogP contribution < -0.4 is 0 Å². The summed E-state index contributed by atoms with van der Waals surface area (Å²) in [6.45, 7) is -1.34. The largest absolute Gasteiger partial charge is 0.328 e. The smallest absolute Gasteiger partial charge is 0.299 e. The summed E-state index contributed by atoms with van der Waals surface area (Å²) in [6, 6.07) is 0. The summed E-state index contributed by atoms with van der Waals surface area (Å²) in [5.41, 5.74) is 0. The Morgan fingerprint density at radius 2 is 1.88 bits per heavy atom. The summed E-state index contributed by atoms with van der Waals surface area (Å²) in [5, 5.41) is 0. The van der Waals surface area contributed by atoms with Gasteiger partial charge in [-0.05, 0) is 6.42 Å². The Bertz CT molecular complexity index is 78.6. The second kappa shape index (κ2) is 2.58. The van der Waals surface area contributed by atoms with Crippen LogP contribution in [0, 0.1) is 0 Å². The van der Waals surface area contributed by atoms with Gasteiger partial charge in [-0.2, -0.15) is 0 Å². The van der Waals surface area contributed by atoms with Crippen molar-refractivity contribution in [1.29, 1.82) is 0 Å². The standard InChI is InChI=1S/C3H7BrO3P/c4-8(5)6-2-1-3-7-8/h5H,1-3H2. The monoisotopic (exact) mass is 201 g/mol. The average molecular weight is 202 g/mol. The molecule has 1 N–H and O–H groups in total. The molecule has 0 spiro atoms. The molecule has 1 fully saturated rings. The molecule has 0 aliphatic carbocycles. The summed E-state index contributed by atoms with van der Waals surface area (Å²) in [7, 11) is 0. The van der Waals surface area contributed by atoms with Gasteiger partial charge in [0.1, 0.15) is 0 Å². The first-order valence-electron chi connectivity index (χ1n) is 2.31. The van der Waals surface area contributed by atoms with Gasteiger partial charge in [-0.1, -0.05) is 0 Å². The molecule has 0 unspecified atom stereocenters. The highest BCUT2D eigenvalue weighted by Gasteiger charge is 2.25. The Hall–Kier alpha value is 0.790. The minimum atomic E-state index is -2.52. The molecular formula is C3H7BrO3P. The molecule has 1 heterocycles. The van der Waals surface area contributed by atoms with Gasteiger partial charge < -0.3 is 13.9 Å². The van der Waals surface area contributed by atoms with E-state index in [1.54, 1.807) is 0 Å². The van der Waals surface area contributed by atoms with Crippen LogP contribution in [0.5, 0.6) is 0 Å². The van der Waals surface area contributed by atoms with E-state index in [2.05, 4.69) is 15.5 Å². The topological polar surface area (TPSA) is 38.7 Å². The fourth-order valence-electron chi connectivity index (χ4n) is 0.450. The Balaban J connectivity index is 2.33. The van der Waals surface area contributed by atoms with Gasteiger partial charge in [0.25, 0.3) is 6.65 Å². The minimum Gasteiger partial charge on any atom is -0.328 e. The second-order valence-electron chi connectivity index (χ2n) is 1.47. The van der Waals surface area contributed by atoms with Crippen molar-refractivity contribution in [2.75, 3.05) is 13.2 Å². The lowest BCUT2D eigenvalue weighted by molar-refractivity contribution is 0.138. The molecule has 1 saturated heterocycles. The van der Waals surface area contributed by atoms with Gasteiger partial charge in [0.05, 0.1) is 13.2 Å².